The Balaban J connectivity index is 2.02. The first-order chi connectivity index (χ1) is 8.79. The van der Waals surface area contributed by atoms with E-state index in [0.29, 0.717) is 6.61 Å². The fourth-order valence-corrected chi connectivity index (χ4v) is 1.87. The van der Waals surface area contributed by atoms with Crippen molar-refractivity contribution in [3.63, 3.8) is 0 Å². The Bertz CT molecular complexity index is 508. The van der Waals surface area contributed by atoms with Crippen LogP contribution in [-0.2, 0) is 6.54 Å². The third-order valence-electron chi connectivity index (χ3n) is 2.89. The molecule has 0 heterocycles. The van der Waals surface area contributed by atoms with Gasteiger partial charge >= 0.3 is 0 Å². The van der Waals surface area contributed by atoms with Gasteiger partial charge in [-0.15, -0.1) is 0 Å². The Morgan fingerprint density at radius 1 is 1.06 bits per heavy atom. The summed E-state index contributed by atoms with van der Waals surface area (Å²) in [6.07, 6.45) is 0. The van der Waals surface area contributed by atoms with Gasteiger partial charge in [0, 0.05) is 18.3 Å². The van der Waals surface area contributed by atoms with E-state index < -0.39 is 0 Å². The van der Waals surface area contributed by atoms with Gasteiger partial charge in [-0.05, 0) is 37.1 Å². The summed E-state index contributed by atoms with van der Waals surface area (Å²) in [5.74, 6) is 0.910. The first-order valence-corrected chi connectivity index (χ1v) is 6.31. The topological polar surface area (TPSA) is 21.3 Å². The maximum absolute atomic E-state index is 5.48. The van der Waals surface area contributed by atoms with E-state index in [4.69, 9.17) is 4.74 Å². The molecule has 0 fully saturated rings. The zero-order chi connectivity index (χ0) is 12.8. The number of rotatable bonds is 5. The summed E-state index contributed by atoms with van der Waals surface area (Å²) < 4.78 is 5.48. The van der Waals surface area contributed by atoms with Crippen LogP contribution in [0, 0.1) is 6.92 Å². The van der Waals surface area contributed by atoms with Gasteiger partial charge in [0.1, 0.15) is 5.75 Å². The number of ether oxygens (including phenoxy) is 1. The molecule has 18 heavy (non-hydrogen) atoms. The molecule has 0 spiro atoms. The minimum absolute atomic E-state index is 0.696. The Morgan fingerprint density at radius 3 is 2.67 bits per heavy atom. The lowest BCUT2D eigenvalue weighted by Crippen LogP contribution is -2.01. The van der Waals surface area contributed by atoms with Crippen LogP contribution in [0.5, 0.6) is 5.75 Å². The van der Waals surface area contributed by atoms with E-state index >= 15 is 0 Å². The van der Waals surface area contributed by atoms with Gasteiger partial charge in [-0.1, -0.05) is 30.3 Å². The van der Waals surface area contributed by atoms with Crippen molar-refractivity contribution in [2.24, 2.45) is 0 Å². The standard InChI is InChI=1S/C16H19NO/c1-3-18-16-10-6-9-15(11-16)17-12-14-8-5-4-7-13(14)2/h4-11,17H,3,12H2,1-2H3. The molecule has 2 aromatic rings. The van der Waals surface area contributed by atoms with E-state index in [0.717, 1.165) is 18.0 Å². The van der Waals surface area contributed by atoms with Crippen LogP contribution in [0.25, 0.3) is 0 Å². The van der Waals surface area contributed by atoms with Gasteiger partial charge in [0.2, 0.25) is 0 Å². The van der Waals surface area contributed by atoms with Gasteiger partial charge in [-0.25, -0.2) is 0 Å². The van der Waals surface area contributed by atoms with Gasteiger partial charge in [0.15, 0.2) is 0 Å². The fraction of sp³-hybridized carbons (Fsp3) is 0.250. The second kappa shape index (κ2) is 6.10. The lowest BCUT2D eigenvalue weighted by Gasteiger charge is -2.10. The average Bonchev–Trinajstić information content (AvgIpc) is 2.39. The van der Waals surface area contributed by atoms with Crippen molar-refractivity contribution in [2.75, 3.05) is 11.9 Å². The average molecular weight is 241 g/mol. The Kier molecular flexibility index (Phi) is 4.24. The minimum Gasteiger partial charge on any atom is -0.494 e. The number of benzene rings is 2. The summed E-state index contributed by atoms with van der Waals surface area (Å²) in [5, 5.41) is 3.42. The largest absolute Gasteiger partial charge is 0.494 e. The molecule has 0 saturated heterocycles. The van der Waals surface area contributed by atoms with Crippen LogP contribution >= 0.6 is 0 Å². The zero-order valence-electron chi connectivity index (χ0n) is 10.9. The summed E-state index contributed by atoms with van der Waals surface area (Å²) >= 11 is 0. The first-order valence-electron chi connectivity index (χ1n) is 6.31. The molecule has 2 aromatic carbocycles. The van der Waals surface area contributed by atoms with Gasteiger partial charge < -0.3 is 10.1 Å². The Labute approximate surface area is 109 Å². The van der Waals surface area contributed by atoms with Crippen LogP contribution in [0.15, 0.2) is 48.5 Å². The highest BCUT2D eigenvalue weighted by Gasteiger charge is 1.98. The number of anilines is 1. The SMILES string of the molecule is CCOc1cccc(NCc2ccccc2C)c1. The van der Waals surface area contributed by atoms with Gasteiger partial charge in [0.25, 0.3) is 0 Å². The molecule has 2 rings (SSSR count). The van der Waals surface area contributed by atoms with Crippen LogP contribution in [-0.4, -0.2) is 6.61 Å². The van der Waals surface area contributed by atoms with Crippen molar-refractivity contribution >= 4 is 5.69 Å². The van der Waals surface area contributed by atoms with Crippen molar-refractivity contribution in [3.05, 3.63) is 59.7 Å². The lowest BCUT2D eigenvalue weighted by atomic mass is 10.1. The monoisotopic (exact) mass is 241 g/mol. The lowest BCUT2D eigenvalue weighted by molar-refractivity contribution is 0.340. The van der Waals surface area contributed by atoms with Crippen molar-refractivity contribution < 1.29 is 4.74 Å². The molecule has 0 bridgehead atoms. The number of hydrogen-bond acceptors (Lipinski definition) is 2. The fourth-order valence-electron chi connectivity index (χ4n) is 1.87. The van der Waals surface area contributed by atoms with E-state index in [9.17, 15) is 0 Å². The Hall–Kier alpha value is -1.96. The highest BCUT2D eigenvalue weighted by atomic mass is 16.5. The maximum Gasteiger partial charge on any atom is 0.121 e. The van der Waals surface area contributed by atoms with Crippen molar-refractivity contribution in [1.82, 2.24) is 0 Å². The van der Waals surface area contributed by atoms with Crippen LogP contribution in [0.2, 0.25) is 0 Å². The van der Waals surface area contributed by atoms with Crippen molar-refractivity contribution in [1.29, 1.82) is 0 Å². The predicted octanol–water partition coefficient (Wildman–Crippen LogP) is 4.01. The molecule has 2 heteroatoms. The molecule has 1 N–H and O–H groups in total. The molecular formula is C16H19NO. The zero-order valence-corrected chi connectivity index (χ0v) is 10.9. The molecule has 0 aromatic heterocycles. The molecule has 94 valence electrons. The molecule has 0 radical (unpaired) electrons. The van der Waals surface area contributed by atoms with E-state index in [1.54, 1.807) is 0 Å². The predicted molar refractivity (Wildman–Crippen MR) is 76.1 cm³/mol. The summed E-state index contributed by atoms with van der Waals surface area (Å²) in [5.41, 5.74) is 3.72. The summed E-state index contributed by atoms with van der Waals surface area (Å²) in [6, 6.07) is 16.5. The van der Waals surface area contributed by atoms with Crippen molar-refractivity contribution in [2.45, 2.75) is 20.4 Å². The van der Waals surface area contributed by atoms with Crippen LogP contribution < -0.4 is 10.1 Å². The summed E-state index contributed by atoms with van der Waals surface area (Å²) in [7, 11) is 0. The quantitative estimate of drug-likeness (QED) is 0.854. The second-order valence-corrected chi connectivity index (χ2v) is 4.24. The van der Waals surface area contributed by atoms with Crippen LogP contribution in [0.3, 0.4) is 0 Å². The molecule has 0 aliphatic carbocycles. The summed E-state index contributed by atoms with van der Waals surface area (Å²) in [4.78, 5) is 0. The van der Waals surface area contributed by atoms with Gasteiger partial charge in [-0.2, -0.15) is 0 Å². The molecule has 0 aliphatic rings. The third kappa shape index (κ3) is 3.27. The van der Waals surface area contributed by atoms with Crippen molar-refractivity contribution in [3.8, 4) is 5.75 Å². The highest BCUT2D eigenvalue weighted by Crippen LogP contribution is 2.18. The number of aryl methyl sites for hydroxylation is 1. The maximum atomic E-state index is 5.48. The molecular weight excluding hydrogens is 222 g/mol. The normalized spacial score (nSPS) is 10.1. The van der Waals surface area contributed by atoms with Gasteiger partial charge in [0.05, 0.1) is 6.61 Å². The smallest absolute Gasteiger partial charge is 0.121 e. The molecule has 0 aliphatic heterocycles. The minimum atomic E-state index is 0.696. The number of hydrogen-bond donors (Lipinski definition) is 1. The third-order valence-corrected chi connectivity index (χ3v) is 2.89. The van der Waals surface area contributed by atoms with Crippen LogP contribution in [0.1, 0.15) is 18.1 Å². The highest BCUT2D eigenvalue weighted by molar-refractivity contribution is 5.48. The molecule has 0 saturated carbocycles. The van der Waals surface area contributed by atoms with Crippen LogP contribution in [0.4, 0.5) is 5.69 Å². The number of nitrogens with one attached hydrogen (secondary N) is 1. The van der Waals surface area contributed by atoms with Gasteiger partial charge in [-0.3, -0.25) is 0 Å². The molecule has 0 atom stereocenters. The molecule has 2 nitrogen and oxygen atoms in total. The van der Waals surface area contributed by atoms with E-state index in [-0.39, 0.29) is 0 Å². The molecule has 0 amide bonds. The summed E-state index contributed by atoms with van der Waals surface area (Å²) in [6.45, 7) is 5.66. The van der Waals surface area contributed by atoms with E-state index in [2.05, 4.69) is 42.6 Å². The van der Waals surface area contributed by atoms with E-state index in [1.807, 2.05) is 25.1 Å². The first kappa shape index (κ1) is 12.5. The van der Waals surface area contributed by atoms with E-state index in [1.165, 1.54) is 11.1 Å². The molecule has 0 unspecified atom stereocenters. The second-order valence-electron chi connectivity index (χ2n) is 4.24. The Morgan fingerprint density at radius 2 is 1.89 bits per heavy atom.